The van der Waals surface area contributed by atoms with Crippen LogP contribution >= 0.6 is 0 Å². The Morgan fingerprint density at radius 1 is 0.679 bits per heavy atom. The molecule has 28 heavy (non-hydrogen) atoms. The minimum Gasteiger partial charge on any atom is -0.221 e. The normalized spacial score (nSPS) is 15.4. The van der Waals surface area contributed by atoms with Crippen molar-refractivity contribution in [2.45, 2.75) is 37.8 Å². The van der Waals surface area contributed by atoms with Crippen molar-refractivity contribution in [1.82, 2.24) is 0 Å². The fraction of sp³-hybridized carbons (Fsp3) is 0.333. The highest BCUT2D eigenvalue weighted by atomic mass is 19.4. The summed E-state index contributed by atoms with van der Waals surface area (Å²) in [6.45, 7) is 2.24. The van der Waals surface area contributed by atoms with Gasteiger partial charge in [0.1, 0.15) is 5.82 Å². The van der Waals surface area contributed by atoms with Crippen LogP contribution in [0.1, 0.15) is 16.7 Å². The second-order valence-electron chi connectivity index (χ2n) is 6.24. The van der Waals surface area contributed by atoms with Crippen molar-refractivity contribution in [1.29, 1.82) is 0 Å². The minimum absolute atomic E-state index is 0.164. The molecule has 0 nitrogen and oxygen atoms in total. The number of alkyl halides is 9. The van der Waals surface area contributed by atoms with Crippen LogP contribution in [0, 0.1) is 19.7 Å². The number of hydrogen-bond donors (Lipinski definition) is 0. The summed E-state index contributed by atoms with van der Waals surface area (Å²) in [5, 5.41) is 0. The van der Waals surface area contributed by atoms with Crippen LogP contribution < -0.4 is 0 Å². The van der Waals surface area contributed by atoms with E-state index in [1.165, 1.54) is 6.07 Å². The fourth-order valence-corrected chi connectivity index (χ4v) is 2.93. The van der Waals surface area contributed by atoms with Crippen molar-refractivity contribution in [2.75, 3.05) is 0 Å². The van der Waals surface area contributed by atoms with Gasteiger partial charge in [-0.15, -0.1) is 0 Å². The van der Waals surface area contributed by atoms with Gasteiger partial charge < -0.3 is 0 Å². The first-order valence-electron chi connectivity index (χ1n) is 7.62. The summed E-state index contributed by atoms with van der Waals surface area (Å²) < 4.78 is 135. The maximum absolute atomic E-state index is 15.0. The van der Waals surface area contributed by atoms with Crippen LogP contribution in [0.2, 0.25) is 0 Å². The zero-order chi connectivity index (χ0) is 21.7. The van der Waals surface area contributed by atoms with Gasteiger partial charge in [-0.2, -0.15) is 35.1 Å². The molecule has 0 aliphatic heterocycles. The van der Waals surface area contributed by atoms with E-state index < -0.39 is 40.9 Å². The van der Waals surface area contributed by atoms with Crippen molar-refractivity contribution in [2.24, 2.45) is 0 Å². The summed E-state index contributed by atoms with van der Waals surface area (Å²) in [6, 6.07) is 4.71. The van der Waals surface area contributed by atoms with Gasteiger partial charge in [-0.1, -0.05) is 29.8 Å². The lowest BCUT2D eigenvalue weighted by molar-refractivity contribution is -0.389. The molecule has 0 aliphatic rings. The van der Waals surface area contributed by atoms with E-state index in [1.807, 2.05) is 0 Å². The molecule has 2 aromatic carbocycles. The quantitative estimate of drug-likeness (QED) is 0.470. The van der Waals surface area contributed by atoms with E-state index in [0.29, 0.717) is 6.07 Å². The van der Waals surface area contributed by atoms with E-state index in [9.17, 15) is 39.5 Å². The molecule has 2 rings (SSSR count). The summed E-state index contributed by atoms with van der Waals surface area (Å²) in [4.78, 5) is 0. The molecule has 0 bridgehead atoms. The van der Waals surface area contributed by atoms with Crippen molar-refractivity contribution in [3.8, 4) is 11.1 Å². The highest BCUT2D eigenvalue weighted by Crippen LogP contribution is 2.60. The number of rotatable bonds is 3. The lowest BCUT2D eigenvalue weighted by Gasteiger charge is -2.37. The molecule has 10 heteroatoms. The van der Waals surface area contributed by atoms with Gasteiger partial charge in [-0.25, -0.2) is 8.78 Å². The topological polar surface area (TPSA) is 0 Å². The number of hydrogen-bond acceptors (Lipinski definition) is 0. The standard InChI is InChI=1S/C18H12F10/c1-9-7-10(2)14(11-3-5-12(19)6-4-11)13(8-9)15(20,17(23,24)25)16(21,22)18(26,27)28/h3-8H,1-2H3. The molecule has 0 N–H and O–H groups in total. The third-order valence-electron chi connectivity index (χ3n) is 4.16. The average molecular weight is 418 g/mol. The Balaban J connectivity index is 2.98. The van der Waals surface area contributed by atoms with Gasteiger partial charge in [0.05, 0.1) is 0 Å². The third kappa shape index (κ3) is 3.33. The summed E-state index contributed by atoms with van der Waals surface area (Å²) in [6.07, 6.45) is -13.4. The van der Waals surface area contributed by atoms with Crippen LogP contribution in [-0.2, 0) is 5.67 Å². The maximum atomic E-state index is 15.0. The molecule has 0 aromatic heterocycles. The van der Waals surface area contributed by atoms with E-state index in [2.05, 4.69) is 0 Å². The van der Waals surface area contributed by atoms with Crippen molar-refractivity contribution >= 4 is 0 Å². The fourth-order valence-electron chi connectivity index (χ4n) is 2.93. The average Bonchev–Trinajstić information content (AvgIpc) is 2.52. The van der Waals surface area contributed by atoms with Crippen LogP contribution in [0.25, 0.3) is 11.1 Å². The zero-order valence-corrected chi connectivity index (χ0v) is 14.2. The van der Waals surface area contributed by atoms with Gasteiger partial charge in [0, 0.05) is 5.56 Å². The van der Waals surface area contributed by atoms with Gasteiger partial charge in [-0.3, -0.25) is 0 Å². The Kier molecular flexibility index (Phi) is 5.24. The maximum Gasteiger partial charge on any atom is 0.457 e. The van der Waals surface area contributed by atoms with Crippen LogP contribution in [0.4, 0.5) is 43.9 Å². The first kappa shape index (κ1) is 22.0. The summed E-state index contributed by atoms with van der Waals surface area (Å²) in [5.41, 5.74) is -9.49. The molecule has 0 aliphatic carbocycles. The van der Waals surface area contributed by atoms with Crippen molar-refractivity contribution < 1.29 is 43.9 Å². The zero-order valence-electron chi connectivity index (χ0n) is 14.2. The highest BCUT2D eigenvalue weighted by molar-refractivity contribution is 5.73. The molecular weight excluding hydrogens is 406 g/mol. The van der Waals surface area contributed by atoms with Gasteiger partial charge >= 0.3 is 23.9 Å². The van der Waals surface area contributed by atoms with Gasteiger partial charge in [0.25, 0.3) is 0 Å². The Morgan fingerprint density at radius 2 is 1.18 bits per heavy atom. The lowest BCUT2D eigenvalue weighted by Crippen LogP contribution is -2.60. The first-order valence-corrected chi connectivity index (χ1v) is 7.62. The van der Waals surface area contributed by atoms with E-state index >= 15 is 4.39 Å². The van der Waals surface area contributed by atoms with Crippen molar-refractivity contribution in [3.63, 3.8) is 0 Å². The van der Waals surface area contributed by atoms with Crippen LogP contribution in [0.15, 0.2) is 36.4 Å². The first-order chi connectivity index (χ1) is 12.5. The molecule has 154 valence electrons. The second kappa shape index (κ2) is 6.66. The Hall–Kier alpha value is -2.26. The molecule has 2 aromatic rings. The Bertz CT molecular complexity index is 862. The summed E-state index contributed by atoms with van der Waals surface area (Å²) in [7, 11) is 0. The predicted octanol–water partition coefficient (Wildman–Crippen LogP) is 7.03. The molecule has 0 heterocycles. The van der Waals surface area contributed by atoms with E-state index in [4.69, 9.17) is 0 Å². The molecular formula is C18H12F10. The van der Waals surface area contributed by atoms with Gasteiger partial charge in [-0.05, 0) is 42.7 Å². The second-order valence-corrected chi connectivity index (χ2v) is 6.24. The Morgan fingerprint density at radius 3 is 1.61 bits per heavy atom. The smallest absolute Gasteiger partial charge is 0.221 e. The summed E-state index contributed by atoms with van der Waals surface area (Å²) in [5.74, 6) is -7.62. The van der Waals surface area contributed by atoms with Gasteiger partial charge in [0.15, 0.2) is 0 Å². The van der Waals surface area contributed by atoms with Crippen LogP contribution in [0.5, 0.6) is 0 Å². The number of halogens is 10. The molecule has 1 unspecified atom stereocenters. The van der Waals surface area contributed by atoms with Crippen LogP contribution in [-0.4, -0.2) is 18.3 Å². The van der Waals surface area contributed by atoms with Crippen molar-refractivity contribution in [3.05, 3.63) is 58.9 Å². The molecule has 0 saturated carbocycles. The van der Waals surface area contributed by atoms with E-state index in [1.54, 1.807) is 0 Å². The van der Waals surface area contributed by atoms with E-state index in [0.717, 1.165) is 38.1 Å². The SMILES string of the molecule is Cc1cc(C)c(-c2ccc(F)cc2)c(C(F)(C(F)(F)F)C(F)(F)C(F)(F)F)c1. The molecule has 1 atom stereocenters. The molecule has 0 spiro atoms. The third-order valence-corrected chi connectivity index (χ3v) is 4.16. The minimum atomic E-state index is -6.82. The lowest BCUT2D eigenvalue weighted by atomic mass is 9.80. The number of aryl methyl sites for hydroxylation is 2. The predicted molar refractivity (Wildman–Crippen MR) is 81.2 cm³/mol. The highest BCUT2D eigenvalue weighted by Gasteiger charge is 2.82. The molecule has 0 saturated heterocycles. The summed E-state index contributed by atoms with van der Waals surface area (Å²) >= 11 is 0. The largest absolute Gasteiger partial charge is 0.457 e. The van der Waals surface area contributed by atoms with E-state index in [-0.39, 0.29) is 16.7 Å². The molecule has 0 fully saturated rings. The molecule has 0 radical (unpaired) electrons. The van der Waals surface area contributed by atoms with Crippen LogP contribution in [0.3, 0.4) is 0 Å². The molecule has 0 amide bonds. The number of benzene rings is 2. The van der Waals surface area contributed by atoms with Gasteiger partial charge in [0.2, 0.25) is 0 Å². The Labute approximate surface area is 152 Å². The monoisotopic (exact) mass is 418 g/mol.